The molecule has 8 heteroatoms. The molecule has 2 aliphatic rings. The lowest BCUT2D eigenvalue weighted by molar-refractivity contribution is -0.909. The lowest BCUT2D eigenvalue weighted by atomic mass is 10.1. The Morgan fingerprint density at radius 3 is 2.86 bits per heavy atom. The lowest BCUT2D eigenvalue weighted by Crippen LogP contribution is -3.14. The molecule has 1 aliphatic heterocycles. The summed E-state index contributed by atoms with van der Waals surface area (Å²) in [6.07, 6.45) is 4.57. The zero-order valence-electron chi connectivity index (χ0n) is 16.8. The van der Waals surface area contributed by atoms with Crippen LogP contribution in [-0.4, -0.2) is 64.4 Å². The first-order valence-corrected chi connectivity index (χ1v) is 11.3. The molecular formula is C20H33N3O4S+2. The second-order valence-electron chi connectivity index (χ2n) is 7.41. The minimum absolute atomic E-state index is 0.0273. The monoisotopic (exact) mass is 411 g/mol. The molecular weight excluding hydrogens is 378 g/mol. The normalized spacial score (nSPS) is 16.8. The van der Waals surface area contributed by atoms with Crippen molar-refractivity contribution in [3.05, 3.63) is 16.0 Å². The topological polar surface area (TPSA) is 85.7 Å². The Kier molecular flexibility index (Phi) is 8.27. The van der Waals surface area contributed by atoms with E-state index in [1.807, 2.05) is 0 Å². The molecule has 1 amide bonds. The molecule has 0 spiro atoms. The number of nitrogens with one attached hydrogen (secondary N) is 2. The fourth-order valence-electron chi connectivity index (χ4n) is 3.88. The van der Waals surface area contributed by atoms with E-state index in [2.05, 4.69) is 10.6 Å². The number of esters is 1. The zero-order chi connectivity index (χ0) is 19.8. The summed E-state index contributed by atoms with van der Waals surface area (Å²) >= 11 is 1.54. The fraction of sp³-hybridized carbons (Fsp3) is 0.700. The summed E-state index contributed by atoms with van der Waals surface area (Å²) in [7, 11) is 0. The number of quaternary nitrogens is 2. The average molecular weight is 412 g/mol. The molecule has 7 nitrogen and oxygen atoms in total. The second-order valence-corrected chi connectivity index (χ2v) is 8.52. The third-order valence-electron chi connectivity index (χ3n) is 5.37. The average Bonchev–Trinajstić information content (AvgIpc) is 3.26. The number of carbonyl (C=O) groups is 2. The van der Waals surface area contributed by atoms with Crippen LogP contribution in [0.4, 0.5) is 5.00 Å². The van der Waals surface area contributed by atoms with Crippen molar-refractivity contribution in [3.8, 4) is 0 Å². The highest BCUT2D eigenvalue weighted by Gasteiger charge is 2.28. The van der Waals surface area contributed by atoms with Crippen molar-refractivity contribution in [3.63, 3.8) is 0 Å². The van der Waals surface area contributed by atoms with Crippen molar-refractivity contribution >= 4 is 28.2 Å². The van der Waals surface area contributed by atoms with E-state index in [1.165, 1.54) is 22.8 Å². The van der Waals surface area contributed by atoms with Gasteiger partial charge in [0.25, 0.3) is 0 Å². The van der Waals surface area contributed by atoms with Gasteiger partial charge in [-0.2, -0.15) is 0 Å². The molecule has 0 atom stereocenters. The maximum absolute atomic E-state index is 12.4. The van der Waals surface area contributed by atoms with Gasteiger partial charge in [-0.25, -0.2) is 4.79 Å². The Labute approximate surface area is 170 Å². The molecule has 1 saturated heterocycles. The molecule has 28 heavy (non-hydrogen) atoms. The molecule has 3 rings (SSSR count). The number of hydrogen-bond acceptors (Lipinski definition) is 5. The number of ether oxygens (including phenoxy) is 2. The van der Waals surface area contributed by atoms with Gasteiger partial charge >= 0.3 is 5.97 Å². The van der Waals surface area contributed by atoms with Gasteiger partial charge in [-0.3, -0.25) is 4.79 Å². The lowest BCUT2D eigenvalue weighted by Gasteiger charge is -2.23. The first-order chi connectivity index (χ1) is 13.7. The van der Waals surface area contributed by atoms with Crippen LogP contribution in [0.5, 0.6) is 0 Å². The quantitative estimate of drug-likeness (QED) is 0.362. The number of aryl methyl sites for hydroxylation is 1. The summed E-state index contributed by atoms with van der Waals surface area (Å²) < 4.78 is 10.6. The molecule has 4 N–H and O–H groups in total. The minimum Gasteiger partial charge on any atom is -0.462 e. The largest absolute Gasteiger partial charge is 0.462 e. The van der Waals surface area contributed by atoms with Gasteiger partial charge in [0.1, 0.15) is 18.1 Å². The van der Waals surface area contributed by atoms with E-state index in [1.54, 1.807) is 11.8 Å². The van der Waals surface area contributed by atoms with Crippen molar-refractivity contribution < 1.29 is 29.3 Å². The van der Waals surface area contributed by atoms with Crippen molar-refractivity contribution in [2.45, 2.75) is 39.0 Å². The van der Waals surface area contributed by atoms with E-state index in [9.17, 15) is 9.59 Å². The van der Waals surface area contributed by atoms with Crippen LogP contribution in [0.15, 0.2) is 0 Å². The molecule has 1 aromatic heterocycles. The van der Waals surface area contributed by atoms with Crippen LogP contribution in [0.3, 0.4) is 0 Å². The Morgan fingerprint density at radius 2 is 2.07 bits per heavy atom. The van der Waals surface area contributed by atoms with Crippen LogP contribution in [0, 0.1) is 0 Å². The third-order valence-corrected chi connectivity index (χ3v) is 6.58. The van der Waals surface area contributed by atoms with Gasteiger partial charge in [0.15, 0.2) is 0 Å². The smallest absolute Gasteiger partial charge is 0.341 e. The number of anilines is 1. The zero-order valence-corrected chi connectivity index (χ0v) is 17.6. The molecule has 1 aliphatic carbocycles. The summed E-state index contributed by atoms with van der Waals surface area (Å²) in [4.78, 5) is 27.5. The van der Waals surface area contributed by atoms with E-state index in [-0.39, 0.29) is 11.9 Å². The number of rotatable bonds is 10. The van der Waals surface area contributed by atoms with E-state index in [0.717, 1.165) is 70.6 Å². The predicted molar refractivity (Wildman–Crippen MR) is 108 cm³/mol. The maximum Gasteiger partial charge on any atom is 0.341 e. The molecule has 0 bridgehead atoms. The van der Waals surface area contributed by atoms with Crippen LogP contribution >= 0.6 is 11.3 Å². The Bertz CT molecular complexity index is 671. The van der Waals surface area contributed by atoms with Gasteiger partial charge in [0.2, 0.25) is 5.91 Å². The molecule has 0 radical (unpaired) electrons. The molecule has 2 heterocycles. The standard InChI is InChI=1S/C20H31N3O4S/c1-2-27-20(25)18-15-5-3-6-16(15)28-19(18)22-17(24)7-9-21-8-4-10-23-11-13-26-14-12-23/h21H,2-14H2,1H3,(H,22,24)/p+2. The van der Waals surface area contributed by atoms with E-state index in [0.29, 0.717) is 23.6 Å². The summed E-state index contributed by atoms with van der Waals surface area (Å²) in [6.45, 7) is 9.10. The molecule has 0 saturated carbocycles. The highest BCUT2D eigenvalue weighted by atomic mass is 32.1. The van der Waals surface area contributed by atoms with Crippen LogP contribution < -0.4 is 15.5 Å². The van der Waals surface area contributed by atoms with Crippen LogP contribution in [0.1, 0.15) is 47.0 Å². The number of carbonyl (C=O) groups excluding carboxylic acids is 2. The second kappa shape index (κ2) is 10.9. The first-order valence-electron chi connectivity index (χ1n) is 10.5. The van der Waals surface area contributed by atoms with E-state index in [4.69, 9.17) is 9.47 Å². The van der Waals surface area contributed by atoms with Crippen molar-refractivity contribution in [1.82, 2.24) is 0 Å². The van der Waals surface area contributed by atoms with Gasteiger partial charge in [0, 0.05) is 11.3 Å². The molecule has 1 aromatic rings. The van der Waals surface area contributed by atoms with Gasteiger partial charge in [0.05, 0.1) is 51.4 Å². The van der Waals surface area contributed by atoms with Crippen LogP contribution in [0.25, 0.3) is 0 Å². The van der Waals surface area contributed by atoms with E-state index >= 15 is 0 Å². The number of fused-ring (bicyclic) bond motifs is 1. The molecule has 0 aromatic carbocycles. The fourth-order valence-corrected chi connectivity index (χ4v) is 5.18. The molecule has 0 unspecified atom stereocenters. The first kappa shape index (κ1) is 21.2. The summed E-state index contributed by atoms with van der Waals surface area (Å²) in [5, 5.41) is 5.84. The third kappa shape index (κ3) is 5.76. The van der Waals surface area contributed by atoms with Crippen molar-refractivity contribution in [1.29, 1.82) is 0 Å². The Hall–Kier alpha value is -1.48. The SMILES string of the molecule is CCOC(=O)c1c(NC(=O)CC[NH2+]CCC[NH+]2CCOCC2)sc2c1CCC2. The van der Waals surface area contributed by atoms with Gasteiger partial charge in [-0.15, -0.1) is 11.3 Å². The molecule has 156 valence electrons. The number of thiophene rings is 1. The number of nitrogens with two attached hydrogens (primary N) is 1. The summed E-state index contributed by atoms with van der Waals surface area (Å²) in [5.74, 6) is -0.338. The Balaban J connectivity index is 1.39. The predicted octanol–water partition coefficient (Wildman–Crippen LogP) is -0.389. The summed E-state index contributed by atoms with van der Waals surface area (Å²) in [5.41, 5.74) is 1.67. The van der Waals surface area contributed by atoms with E-state index < -0.39 is 0 Å². The van der Waals surface area contributed by atoms with Gasteiger partial charge in [-0.1, -0.05) is 0 Å². The summed E-state index contributed by atoms with van der Waals surface area (Å²) in [6, 6.07) is 0. The minimum atomic E-state index is -0.311. The van der Waals surface area contributed by atoms with Crippen molar-refractivity contribution in [2.75, 3.05) is 57.9 Å². The number of amides is 1. The van der Waals surface area contributed by atoms with Gasteiger partial charge in [-0.05, 0) is 31.7 Å². The number of morpholine rings is 1. The number of hydrogen-bond donors (Lipinski definition) is 3. The maximum atomic E-state index is 12.4. The highest BCUT2D eigenvalue weighted by Crippen LogP contribution is 2.39. The Morgan fingerprint density at radius 1 is 1.25 bits per heavy atom. The van der Waals surface area contributed by atoms with Crippen LogP contribution in [0.2, 0.25) is 0 Å². The van der Waals surface area contributed by atoms with Crippen LogP contribution in [-0.2, 0) is 27.1 Å². The highest BCUT2D eigenvalue weighted by molar-refractivity contribution is 7.17. The van der Waals surface area contributed by atoms with Gasteiger partial charge < -0.3 is 25.0 Å². The van der Waals surface area contributed by atoms with Crippen molar-refractivity contribution in [2.24, 2.45) is 0 Å². The molecule has 1 fully saturated rings.